The van der Waals surface area contributed by atoms with Crippen LogP contribution < -0.4 is 0 Å². The van der Waals surface area contributed by atoms with Crippen molar-refractivity contribution in [3.8, 4) is 0 Å². The fourth-order valence-electron chi connectivity index (χ4n) is 1.21. The van der Waals surface area contributed by atoms with Crippen LogP contribution in [0.25, 0.3) is 0 Å². The van der Waals surface area contributed by atoms with Gasteiger partial charge < -0.3 is 9.52 Å². The molecule has 0 fully saturated rings. The molecular formula is C11H10N2O3S. The second-order valence-corrected chi connectivity index (χ2v) is 4.29. The minimum Gasteiger partial charge on any atom is -0.477 e. The van der Waals surface area contributed by atoms with Gasteiger partial charge in [0, 0.05) is 5.75 Å². The number of aromatic nitrogens is 2. The molecule has 2 heterocycles. The van der Waals surface area contributed by atoms with Gasteiger partial charge in [0.1, 0.15) is 12.0 Å². The molecule has 6 heteroatoms. The molecule has 0 saturated carbocycles. The van der Waals surface area contributed by atoms with Gasteiger partial charge in [0.25, 0.3) is 5.22 Å². The van der Waals surface area contributed by atoms with Crippen molar-refractivity contribution >= 4 is 17.7 Å². The first kappa shape index (κ1) is 11.7. The van der Waals surface area contributed by atoms with Crippen molar-refractivity contribution in [1.82, 2.24) is 9.97 Å². The number of rotatable bonds is 4. The minimum absolute atomic E-state index is 0.0479. The highest BCUT2D eigenvalue weighted by Gasteiger charge is 2.07. The van der Waals surface area contributed by atoms with E-state index in [9.17, 15) is 4.79 Å². The first-order valence-corrected chi connectivity index (χ1v) is 5.88. The largest absolute Gasteiger partial charge is 0.477 e. The first-order valence-electron chi connectivity index (χ1n) is 4.89. The zero-order chi connectivity index (χ0) is 12.3. The number of thioether (sulfide) groups is 1. The molecule has 5 nitrogen and oxygen atoms in total. The van der Waals surface area contributed by atoms with E-state index in [0.717, 1.165) is 5.69 Å². The van der Waals surface area contributed by atoms with Crippen molar-refractivity contribution in [1.29, 1.82) is 0 Å². The number of oxazole rings is 1. The van der Waals surface area contributed by atoms with Gasteiger partial charge in [-0.2, -0.15) is 0 Å². The van der Waals surface area contributed by atoms with E-state index in [1.54, 1.807) is 18.4 Å². The number of pyridine rings is 1. The lowest BCUT2D eigenvalue weighted by atomic mass is 10.3. The van der Waals surface area contributed by atoms with E-state index in [-0.39, 0.29) is 5.69 Å². The third-order valence-electron chi connectivity index (χ3n) is 1.97. The number of carbonyl (C=O) groups is 1. The van der Waals surface area contributed by atoms with Crippen molar-refractivity contribution in [3.63, 3.8) is 0 Å². The summed E-state index contributed by atoms with van der Waals surface area (Å²) in [5.41, 5.74) is 1.55. The minimum atomic E-state index is -1.02. The molecule has 0 aliphatic carbocycles. The van der Waals surface area contributed by atoms with Crippen LogP contribution in [0.2, 0.25) is 0 Å². The highest BCUT2D eigenvalue weighted by Crippen LogP contribution is 2.20. The zero-order valence-corrected chi connectivity index (χ0v) is 9.90. The highest BCUT2D eigenvalue weighted by molar-refractivity contribution is 7.98. The Kier molecular flexibility index (Phi) is 3.43. The van der Waals surface area contributed by atoms with Crippen molar-refractivity contribution in [2.75, 3.05) is 0 Å². The maximum Gasteiger partial charge on any atom is 0.354 e. The van der Waals surface area contributed by atoms with E-state index in [2.05, 4.69) is 9.97 Å². The van der Waals surface area contributed by atoms with Crippen molar-refractivity contribution in [2.45, 2.75) is 17.9 Å². The number of hydrogen-bond donors (Lipinski definition) is 1. The van der Waals surface area contributed by atoms with Crippen molar-refractivity contribution in [2.24, 2.45) is 0 Å². The Morgan fingerprint density at radius 2 is 2.29 bits per heavy atom. The number of aryl methyl sites for hydroxylation is 1. The summed E-state index contributed by atoms with van der Waals surface area (Å²) in [6.45, 7) is 1.84. The number of carboxylic acids is 1. The van der Waals surface area contributed by atoms with Crippen LogP contribution in [0.1, 0.15) is 21.9 Å². The Labute approximate surface area is 102 Å². The maximum atomic E-state index is 10.7. The van der Waals surface area contributed by atoms with Gasteiger partial charge in [-0.15, -0.1) is 0 Å². The van der Waals surface area contributed by atoms with E-state index in [1.807, 2.05) is 6.92 Å². The van der Waals surface area contributed by atoms with Gasteiger partial charge in [0.2, 0.25) is 0 Å². The molecule has 1 N–H and O–H groups in total. The molecule has 0 amide bonds. The topological polar surface area (TPSA) is 76.2 Å². The monoisotopic (exact) mass is 250 g/mol. The lowest BCUT2D eigenvalue weighted by Crippen LogP contribution is -2.01. The average Bonchev–Trinajstić information content (AvgIpc) is 2.73. The molecule has 2 aromatic heterocycles. The second kappa shape index (κ2) is 5.01. The Balaban J connectivity index is 2.04. The van der Waals surface area contributed by atoms with Crippen LogP contribution >= 0.6 is 11.8 Å². The summed E-state index contributed by atoms with van der Waals surface area (Å²) in [5.74, 6) is -0.495. The molecule has 88 valence electrons. The van der Waals surface area contributed by atoms with E-state index in [4.69, 9.17) is 9.52 Å². The van der Waals surface area contributed by atoms with E-state index in [1.165, 1.54) is 17.8 Å². The molecule has 0 aliphatic rings. The third-order valence-corrected chi connectivity index (χ3v) is 2.84. The Bertz CT molecular complexity index is 539. The zero-order valence-electron chi connectivity index (χ0n) is 9.08. The molecule has 0 bridgehead atoms. The molecule has 0 aromatic carbocycles. The molecular weight excluding hydrogens is 240 g/mol. The Hall–Kier alpha value is -1.82. The lowest BCUT2D eigenvalue weighted by molar-refractivity contribution is 0.0690. The van der Waals surface area contributed by atoms with Gasteiger partial charge in [-0.3, -0.25) is 0 Å². The van der Waals surface area contributed by atoms with E-state index < -0.39 is 5.97 Å². The summed E-state index contributed by atoms with van der Waals surface area (Å²) in [4.78, 5) is 18.9. The van der Waals surface area contributed by atoms with Crippen LogP contribution in [0.5, 0.6) is 0 Å². The molecule has 0 aliphatic heterocycles. The molecule has 0 saturated heterocycles. The lowest BCUT2D eigenvalue weighted by Gasteiger charge is -1.99. The van der Waals surface area contributed by atoms with Crippen molar-refractivity contribution in [3.05, 3.63) is 41.5 Å². The molecule has 0 atom stereocenters. The third kappa shape index (κ3) is 3.07. The van der Waals surface area contributed by atoms with Crippen LogP contribution in [-0.2, 0) is 5.75 Å². The number of carboxylic acid groups (broad SMARTS) is 1. The van der Waals surface area contributed by atoms with Crippen LogP contribution in [0, 0.1) is 6.92 Å². The predicted octanol–water partition coefficient (Wildman–Crippen LogP) is 2.37. The van der Waals surface area contributed by atoms with E-state index >= 15 is 0 Å². The summed E-state index contributed by atoms with van der Waals surface area (Å²) in [6.07, 6.45) is 1.57. The molecule has 2 aromatic rings. The number of aromatic carboxylic acids is 1. The average molecular weight is 250 g/mol. The molecule has 0 unspecified atom stereocenters. The summed E-state index contributed by atoms with van der Waals surface area (Å²) in [6, 6.07) is 4.91. The summed E-state index contributed by atoms with van der Waals surface area (Å²) in [7, 11) is 0. The van der Waals surface area contributed by atoms with Gasteiger partial charge in [0.15, 0.2) is 0 Å². The van der Waals surface area contributed by atoms with Crippen LogP contribution in [0.3, 0.4) is 0 Å². The molecule has 17 heavy (non-hydrogen) atoms. The second-order valence-electron chi connectivity index (χ2n) is 3.36. The van der Waals surface area contributed by atoms with E-state index in [0.29, 0.717) is 16.7 Å². The quantitative estimate of drug-likeness (QED) is 0.839. The fourth-order valence-corrected chi connectivity index (χ4v) is 1.97. The summed E-state index contributed by atoms with van der Waals surface area (Å²) >= 11 is 1.38. The maximum absolute atomic E-state index is 10.7. The van der Waals surface area contributed by atoms with Gasteiger partial charge in [-0.25, -0.2) is 14.8 Å². The molecule has 0 spiro atoms. The molecule has 2 rings (SSSR count). The molecule has 0 radical (unpaired) electrons. The highest BCUT2D eigenvalue weighted by atomic mass is 32.2. The SMILES string of the molecule is Cc1coc(SCc2cccc(C(=O)O)n2)n1. The van der Waals surface area contributed by atoms with Gasteiger partial charge in [-0.05, 0) is 19.1 Å². The summed E-state index contributed by atoms with van der Waals surface area (Å²) < 4.78 is 5.17. The van der Waals surface area contributed by atoms with Gasteiger partial charge >= 0.3 is 5.97 Å². The number of hydrogen-bond acceptors (Lipinski definition) is 5. The van der Waals surface area contributed by atoms with Crippen molar-refractivity contribution < 1.29 is 14.3 Å². The smallest absolute Gasteiger partial charge is 0.354 e. The van der Waals surface area contributed by atoms with Crippen LogP contribution in [0.4, 0.5) is 0 Å². The standard InChI is InChI=1S/C11H10N2O3S/c1-7-5-16-11(12-7)17-6-8-3-2-4-9(13-8)10(14)15/h2-5H,6H2,1H3,(H,14,15). The van der Waals surface area contributed by atoms with Crippen LogP contribution in [-0.4, -0.2) is 21.0 Å². The van der Waals surface area contributed by atoms with Crippen LogP contribution in [0.15, 0.2) is 34.1 Å². The fraction of sp³-hybridized carbons (Fsp3) is 0.182. The van der Waals surface area contributed by atoms with Gasteiger partial charge in [-0.1, -0.05) is 17.8 Å². The number of nitrogens with zero attached hydrogens (tertiary/aromatic N) is 2. The van der Waals surface area contributed by atoms with Gasteiger partial charge in [0.05, 0.1) is 11.4 Å². The predicted molar refractivity (Wildman–Crippen MR) is 62.0 cm³/mol. The first-order chi connectivity index (χ1) is 8.15. The Morgan fingerprint density at radius 1 is 1.47 bits per heavy atom. The normalized spacial score (nSPS) is 10.4. The Morgan fingerprint density at radius 3 is 2.94 bits per heavy atom. The summed E-state index contributed by atoms with van der Waals surface area (Å²) in [5, 5.41) is 9.36.